The Labute approximate surface area is 479 Å². The molecule has 4 aromatic carbocycles. The zero-order valence-electron chi connectivity index (χ0n) is 47.2. The van der Waals surface area contributed by atoms with Crippen LogP contribution in [0.15, 0.2) is 100 Å². The van der Waals surface area contributed by atoms with Crippen LogP contribution in [0.1, 0.15) is 74.9 Å². The molecule has 81 heavy (non-hydrogen) atoms. The molecule has 0 aliphatic carbocycles. The second kappa shape index (κ2) is 35.0. The minimum atomic E-state index is -3.63. The van der Waals surface area contributed by atoms with Crippen molar-refractivity contribution in [2.24, 2.45) is 11.6 Å². The number of fused-ring (bicyclic) bond motifs is 5. The lowest BCUT2D eigenvalue weighted by atomic mass is 9.95. The molecule has 1 aliphatic rings. The van der Waals surface area contributed by atoms with E-state index in [4.69, 9.17) is 59.1 Å². The number of amides is 2. The summed E-state index contributed by atoms with van der Waals surface area (Å²) in [6.07, 6.45) is 3.01. The van der Waals surface area contributed by atoms with Crippen molar-refractivity contribution in [2.75, 3.05) is 116 Å². The van der Waals surface area contributed by atoms with Gasteiger partial charge in [0.25, 0.3) is 0 Å². The summed E-state index contributed by atoms with van der Waals surface area (Å²) < 4.78 is 39.7. The summed E-state index contributed by atoms with van der Waals surface area (Å²) in [5.41, 5.74) is 14.5. The third kappa shape index (κ3) is 20.7. The van der Waals surface area contributed by atoms with Gasteiger partial charge in [-0.15, -0.1) is 0 Å². The van der Waals surface area contributed by atoms with Crippen molar-refractivity contribution >= 4 is 75.1 Å². The fraction of sp³-hybridized carbons (Fsp3) is 0.448. The number of ether oxygens (including phenoxy) is 5. The molecule has 0 saturated heterocycles. The maximum Gasteiger partial charge on any atom is 0.321 e. The summed E-state index contributed by atoms with van der Waals surface area (Å²) in [5.74, 6) is 7.53. The number of unbranched alkanes of at least 4 members (excludes halogenated alkanes) is 3. The van der Waals surface area contributed by atoms with Gasteiger partial charge in [0.15, 0.2) is 11.0 Å². The monoisotopic (exact) mass is 1160 g/mol. The molecule has 3 heterocycles. The third-order valence-corrected chi connectivity index (χ3v) is 13.6. The highest BCUT2D eigenvalue weighted by Gasteiger charge is 2.28. The zero-order valence-corrected chi connectivity index (χ0v) is 48.9. The molecule has 23 heteroatoms. The maximum atomic E-state index is 13.8. The minimum Gasteiger partial charge on any atom is -0.453 e. The molecular weight excluding hydrogens is 1080 g/mol. The zero-order chi connectivity index (χ0) is 58.6. The van der Waals surface area contributed by atoms with Gasteiger partial charge < -0.3 is 78.4 Å². The van der Waals surface area contributed by atoms with Gasteiger partial charge in [0, 0.05) is 68.5 Å². The predicted molar refractivity (Wildman–Crippen MR) is 321 cm³/mol. The maximum absolute atomic E-state index is 13.8. The van der Waals surface area contributed by atoms with Gasteiger partial charge in [-0.05, 0) is 79.6 Å². The van der Waals surface area contributed by atoms with Crippen LogP contribution in [-0.2, 0) is 56.1 Å². The van der Waals surface area contributed by atoms with Gasteiger partial charge in [0.2, 0.25) is 11.8 Å². The number of benzene rings is 4. The number of aryl methyl sites for hydroxylation is 1. The average Bonchev–Trinajstić information content (AvgIpc) is 3.91. The van der Waals surface area contributed by atoms with Gasteiger partial charge >= 0.3 is 6.72 Å². The number of imidazole rings is 1. The van der Waals surface area contributed by atoms with E-state index in [9.17, 15) is 14.4 Å². The molecule has 0 fully saturated rings. The Bertz CT molecular complexity index is 3030. The van der Waals surface area contributed by atoms with Gasteiger partial charge in [0.1, 0.15) is 17.1 Å². The molecule has 2 aromatic heterocycles. The summed E-state index contributed by atoms with van der Waals surface area (Å²) >= 11 is 4.45. The van der Waals surface area contributed by atoms with Crippen LogP contribution in [0.5, 0.6) is 0 Å². The first-order valence-electron chi connectivity index (χ1n) is 27.3. The highest BCUT2D eigenvalue weighted by atomic mass is 32.5. The van der Waals surface area contributed by atoms with Crippen LogP contribution in [0.3, 0.4) is 0 Å². The Morgan fingerprint density at radius 1 is 0.778 bits per heavy atom. The largest absolute Gasteiger partial charge is 0.453 e. The summed E-state index contributed by atoms with van der Waals surface area (Å²) in [6.45, 7) is 8.31. The first kappa shape index (κ1) is 65.7. The van der Waals surface area contributed by atoms with Crippen LogP contribution < -0.4 is 32.1 Å². The van der Waals surface area contributed by atoms with Gasteiger partial charge in [0.05, 0.1) is 114 Å². The molecule has 0 radical (unpaired) electrons. The second-order valence-electron chi connectivity index (χ2n) is 18.4. The number of rotatable bonds is 32. The summed E-state index contributed by atoms with van der Waals surface area (Å²) in [5, 5.41) is 12.0. The normalized spacial score (nSPS) is 13.1. The number of anilines is 2. The number of aromatic amines is 1. The van der Waals surface area contributed by atoms with Crippen LogP contribution >= 0.6 is 6.72 Å². The molecular formula is C58H81N8O13PS. The van der Waals surface area contributed by atoms with Crippen LogP contribution in [0, 0.1) is 6.92 Å². The Kier molecular flexibility index (Phi) is 28.4. The molecule has 0 bridgehead atoms. The van der Waals surface area contributed by atoms with Crippen LogP contribution in [0.2, 0.25) is 0 Å². The molecule has 0 spiro atoms. The number of nitrogens with two attached hydrogens (primary N) is 2. The van der Waals surface area contributed by atoms with Crippen LogP contribution in [0.25, 0.3) is 44.7 Å². The molecule has 9 N–H and O–H groups in total. The lowest BCUT2D eigenvalue weighted by Crippen LogP contribution is -2.38. The number of carbonyl (C=O) groups excluding carboxylic acids is 2. The van der Waals surface area contributed by atoms with E-state index in [-0.39, 0.29) is 43.2 Å². The number of likely N-dealkylation sites (N-methyl/N-ethyl adjacent to an activating group) is 1. The molecule has 0 atom stereocenters. The van der Waals surface area contributed by atoms with Gasteiger partial charge in [-0.2, -0.15) is 0 Å². The fourth-order valence-electron chi connectivity index (χ4n) is 8.74. The lowest BCUT2D eigenvalue weighted by Gasteiger charge is -2.33. The minimum absolute atomic E-state index is 0.00479. The number of hydrogen-bond donors (Lipinski definition) is 7. The lowest BCUT2D eigenvalue weighted by molar-refractivity contribution is -0.125. The van der Waals surface area contributed by atoms with Gasteiger partial charge in [-0.3, -0.25) is 14.4 Å². The number of H-pyrrole nitrogens is 1. The van der Waals surface area contributed by atoms with Gasteiger partial charge in [-0.25, -0.2) is 10.8 Å². The quantitative estimate of drug-likeness (QED) is 0.00970. The Balaban J connectivity index is 0.00000294. The van der Waals surface area contributed by atoms with Crippen molar-refractivity contribution < 1.29 is 57.1 Å². The van der Waals surface area contributed by atoms with E-state index in [0.717, 1.165) is 60.1 Å². The first-order valence-corrected chi connectivity index (χ1v) is 29.9. The van der Waals surface area contributed by atoms with E-state index < -0.39 is 6.72 Å². The van der Waals surface area contributed by atoms with E-state index >= 15 is 0 Å². The Morgan fingerprint density at radius 3 is 2.02 bits per heavy atom. The van der Waals surface area contributed by atoms with Crippen molar-refractivity contribution in [3.05, 3.63) is 124 Å². The number of aromatic nitrogens is 2. The highest BCUT2D eigenvalue weighted by molar-refractivity contribution is 8.06. The molecule has 0 unspecified atom stereocenters. The molecule has 6 aromatic rings. The van der Waals surface area contributed by atoms with E-state index in [0.29, 0.717) is 137 Å². The molecule has 2 amide bonds. The molecule has 1 aliphatic heterocycles. The summed E-state index contributed by atoms with van der Waals surface area (Å²) in [4.78, 5) is 69.3. The van der Waals surface area contributed by atoms with Crippen molar-refractivity contribution in [2.45, 2.75) is 65.8 Å². The summed E-state index contributed by atoms with van der Waals surface area (Å²) in [7, 11) is 3.00. The van der Waals surface area contributed by atoms with Crippen LogP contribution in [0.4, 0.5) is 11.4 Å². The summed E-state index contributed by atoms with van der Waals surface area (Å²) in [6, 6.07) is 28.1. The first-order chi connectivity index (χ1) is 39.3. The van der Waals surface area contributed by atoms with Crippen molar-refractivity contribution in [1.29, 1.82) is 0 Å². The molecule has 0 saturated carbocycles. The van der Waals surface area contributed by atoms with Crippen molar-refractivity contribution in [1.82, 2.24) is 20.3 Å². The number of carbonyl (C=O) groups is 2. The number of hydrogen-bond acceptors (Lipinski definition) is 17. The average molecular weight is 1160 g/mol. The number of hydrazine groups is 1. The van der Waals surface area contributed by atoms with Crippen LogP contribution in [-0.4, -0.2) is 148 Å². The van der Waals surface area contributed by atoms with E-state index in [1.54, 1.807) is 16.0 Å². The predicted octanol–water partition coefficient (Wildman–Crippen LogP) is 6.99. The SMILES string of the molecule is CC.CO.Cc1nc2c(ccc3c(=O)cc(-c4ccc(N(C)CCOCCOCCOCCOCCOCCN(N)/C5=C(\N)c6ccccc6N(C(=O)CCC(=O)NCCCCCCOP(O)(O)=S)Cc6ccccc65)cc4)oc32)[nH]1. The second-order valence-corrected chi connectivity index (χ2v) is 21.0. The van der Waals surface area contributed by atoms with E-state index in [2.05, 4.69) is 32.0 Å². The Morgan fingerprint density at radius 2 is 1.37 bits per heavy atom. The number of aliphatic hydroxyl groups excluding tert-OH is 1. The number of aliphatic hydroxyl groups is 1. The smallest absolute Gasteiger partial charge is 0.321 e. The standard InChI is InChI=1S/C55H71N8O12PS.C2H6.CH4O/c1-39-59-46-20-19-45-48(64)37-49(75-55(45)53(46)60-39)40-15-17-42(18-16-40)61(2)24-27-69-29-31-71-33-35-73-36-34-72-32-30-70-28-25-63(57)54-43-12-6-5-11-41(43)38-62(47-14-8-7-13-44(47)52(54)56)51(66)22-21-50(65)58-23-9-3-4-10-26-74-76(67,68)77;2*1-2/h5-8,11-20,37H,3-4,9-10,21-36,38,56-57H2,1-2H3,(H,58,65)(H,59,60)(H2,67,68,77);1-2H3;2H,1H3/b54-52-;;. The van der Waals surface area contributed by atoms with E-state index in [1.807, 2.05) is 107 Å². The topological polar surface area (TPSA) is 283 Å². The molecule has 7 rings (SSSR count). The number of nitrogens with one attached hydrogen (secondary N) is 2. The van der Waals surface area contributed by atoms with Crippen molar-refractivity contribution in [3.8, 4) is 11.3 Å². The number of para-hydroxylation sites is 1. The fourth-order valence-corrected chi connectivity index (χ4v) is 9.33. The van der Waals surface area contributed by atoms with E-state index in [1.165, 1.54) is 6.07 Å². The highest BCUT2D eigenvalue weighted by Crippen LogP contribution is 2.38. The Hall–Kier alpha value is -6.11. The molecule has 21 nitrogen and oxygen atoms in total. The molecule has 442 valence electrons. The third-order valence-electron chi connectivity index (χ3n) is 12.7. The number of nitrogens with zero attached hydrogens (tertiary/aromatic N) is 4. The van der Waals surface area contributed by atoms with Crippen molar-refractivity contribution in [3.63, 3.8) is 0 Å². The van der Waals surface area contributed by atoms with Gasteiger partial charge in [-0.1, -0.05) is 69.2 Å².